The van der Waals surface area contributed by atoms with Crippen LogP contribution in [0.4, 0.5) is 0 Å². The average molecular weight is 348 g/mol. The van der Waals surface area contributed by atoms with Gasteiger partial charge in [0.1, 0.15) is 17.5 Å². The van der Waals surface area contributed by atoms with Crippen LogP contribution in [0.1, 0.15) is 40.4 Å². The first kappa shape index (κ1) is 16.3. The molecule has 1 fully saturated rings. The number of hydrogen-bond donors (Lipinski definition) is 2. The molecule has 0 unspecified atom stereocenters. The molecule has 0 aliphatic carbocycles. The minimum Gasteiger partial charge on any atom is -0.497 e. The Morgan fingerprint density at radius 1 is 1.23 bits per heavy atom. The summed E-state index contributed by atoms with van der Waals surface area (Å²) >= 11 is 0. The third-order valence-electron chi connectivity index (χ3n) is 5.19. The van der Waals surface area contributed by atoms with E-state index in [0.29, 0.717) is 30.3 Å². The zero-order chi connectivity index (χ0) is 18.1. The van der Waals surface area contributed by atoms with Crippen LogP contribution in [0.15, 0.2) is 36.7 Å². The van der Waals surface area contributed by atoms with Crippen molar-refractivity contribution in [1.29, 1.82) is 5.26 Å². The molecule has 0 radical (unpaired) electrons. The molecule has 0 atom stereocenters. The van der Waals surface area contributed by atoms with Crippen LogP contribution in [0.3, 0.4) is 0 Å². The van der Waals surface area contributed by atoms with Gasteiger partial charge in [0.15, 0.2) is 0 Å². The Morgan fingerprint density at radius 2 is 2.04 bits per heavy atom. The van der Waals surface area contributed by atoms with Crippen molar-refractivity contribution in [3.8, 4) is 11.8 Å². The molecular weight excluding hydrogens is 328 g/mol. The Balaban J connectivity index is 1.48. The lowest BCUT2D eigenvalue weighted by atomic mass is 9.89. The highest BCUT2D eigenvalue weighted by molar-refractivity contribution is 5.93. The second-order valence-corrected chi connectivity index (χ2v) is 6.64. The molecular formula is C20H20N4O2. The number of nitriles is 1. The third kappa shape index (κ3) is 2.82. The summed E-state index contributed by atoms with van der Waals surface area (Å²) in [6, 6.07) is 9.71. The van der Waals surface area contributed by atoms with E-state index < -0.39 is 0 Å². The SMILES string of the molecule is COc1ccc2[nH]cc(C3CCN(C(=O)c4cc(C#N)c[nH]4)CC3)c2c1. The van der Waals surface area contributed by atoms with Gasteiger partial charge in [-0.2, -0.15) is 5.26 Å². The molecule has 0 spiro atoms. The first-order valence-corrected chi connectivity index (χ1v) is 8.72. The predicted molar refractivity (Wildman–Crippen MR) is 98.2 cm³/mol. The maximum atomic E-state index is 12.6. The quantitative estimate of drug-likeness (QED) is 0.761. The van der Waals surface area contributed by atoms with Crippen LogP contribution >= 0.6 is 0 Å². The largest absolute Gasteiger partial charge is 0.497 e. The molecule has 6 heteroatoms. The lowest BCUT2D eigenvalue weighted by Gasteiger charge is -2.31. The molecule has 2 aromatic heterocycles. The molecule has 4 rings (SSSR count). The number of benzene rings is 1. The molecule has 132 valence electrons. The number of likely N-dealkylation sites (tertiary alicyclic amines) is 1. The normalized spacial score (nSPS) is 15.2. The second-order valence-electron chi connectivity index (χ2n) is 6.64. The predicted octanol–water partition coefficient (Wildman–Crippen LogP) is 3.40. The Morgan fingerprint density at radius 3 is 2.73 bits per heavy atom. The van der Waals surface area contributed by atoms with Gasteiger partial charge in [0, 0.05) is 36.4 Å². The standard InChI is InChI=1S/C20H20N4O2/c1-26-15-2-3-18-16(9-15)17(12-23-18)14-4-6-24(7-5-14)20(25)19-8-13(10-21)11-22-19/h2-3,8-9,11-12,14,22-23H,4-7H2,1H3. The lowest BCUT2D eigenvalue weighted by molar-refractivity contribution is 0.0708. The minimum absolute atomic E-state index is 0.0365. The molecule has 3 heterocycles. The summed E-state index contributed by atoms with van der Waals surface area (Å²) in [5, 5.41) is 10.1. The Bertz CT molecular complexity index is 987. The Hall–Kier alpha value is -3.20. The first-order valence-electron chi connectivity index (χ1n) is 8.72. The number of hydrogen-bond acceptors (Lipinski definition) is 3. The van der Waals surface area contributed by atoms with Crippen molar-refractivity contribution in [2.24, 2.45) is 0 Å². The number of piperidine rings is 1. The van der Waals surface area contributed by atoms with Gasteiger partial charge >= 0.3 is 0 Å². The molecule has 1 aromatic carbocycles. The van der Waals surface area contributed by atoms with E-state index in [-0.39, 0.29) is 5.91 Å². The fourth-order valence-corrected chi connectivity index (χ4v) is 3.73. The monoisotopic (exact) mass is 348 g/mol. The second kappa shape index (κ2) is 6.60. The van der Waals surface area contributed by atoms with Crippen LogP contribution in [0.25, 0.3) is 10.9 Å². The molecule has 1 aliphatic rings. The fourth-order valence-electron chi connectivity index (χ4n) is 3.73. The van der Waals surface area contributed by atoms with E-state index in [1.165, 1.54) is 10.9 Å². The Labute approximate surface area is 151 Å². The van der Waals surface area contributed by atoms with Crippen LogP contribution in [0, 0.1) is 11.3 Å². The van der Waals surface area contributed by atoms with Gasteiger partial charge in [-0.05, 0) is 48.6 Å². The molecule has 2 N–H and O–H groups in total. The lowest BCUT2D eigenvalue weighted by Crippen LogP contribution is -2.38. The summed E-state index contributed by atoms with van der Waals surface area (Å²) in [7, 11) is 1.68. The molecule has 26 heavy (non-hydrogen) atoms. The molecule has 0 bridgehead atoms. The molecule has 1 aliphatic heterocycles. The highest BCUT2D eigenvalue weighted by Gasteiger charge is 2.26. The summed E-state index contributed by atoms with van der Waals surface area (Å²) < 4.78 is 5.35. The topological polar surface area (TPSA) is 84.9 Å². The smallest absolute Gasteiger partial charge is 0.270 e. The molecule has 3 aromatic rings. The summed E-state index contributed by atoms with van der Waals surface area (Å²) in [6.07, 6.45) is 5.49. The summed E-state index contributed by atoms with van der Waals surface area (Å²) in [4.78, 5) is 20.7. The Kier molecular flexibility index (Phi) is 4.13. The number of methoxy groups -OCH3 is 1. The number of nitrogens with one attached hydrogen (secondary N) is 2. The molecule has 1 saturated heterocycles. The van der Waals surface area contributed by atoms with Crippen molar-refractivity contribution in [2.75, 3.05) is 20.2 Å². The zero-order valence-corrected chi connectivity index (χ0v) is 14.6. The van der Waals surface area contributed by atoms with Crippen LogP contribution < -0.4 is 4.74 Å². The number of amides is 1. The van der Waals surface area contributed by atoms with Gasteiger partial charge < -0.3 is 19.6 Å². The number of aromatic nitrogens is 2. The maximum absolute atomic E-state index is 12.6. The first-order chi connectivity index (χ1) is 12.7. The van der Waals surface area contributed by atoms with Gasteiger partial charge in [0.25, 0.3) is 5.91 Å². The maximum Gasteiger partial charge on any atom is 0.270 e. The number of fused-ring (bicyclic) bond motifs is 1. The summed E-state index contributed by atoms with van der Waals surface area (Å²) in [5.74, 6) is 1.23. The van der Waals surface area contributed by atoms with Crippen LogP contribution in [0.5, 0.6) is 5.75 Å². The minimum atomic E-state index is -0.0365. The van der Waals surface area contributed by atoms with Gasteiger partial charge in [-0.25, -0.2) is 0 Å². The van der Waals surface area contributed by atoms with Gasteiger partial charge in [-0.3, -0.25) is 4.79 Å². The van der Waals surface area contributed by atoms with Crippen LogP contribution in [0.2, 0.25) is 0 Å². The number of ether oxygens (including phenoxy) is 1. The van der Waals surface area contributed by atoms with E-state index in [4.69, 9.17) is 10.00 Å². The van der Waals surface area contributed by atoms with Gasteiger partial charge in [0.2, 0.25) is 0 Å². The van der Waals surface area contributed by atoms with Gasteiger partial charge in [-0.1, -0.05) is 0 Å². The van der Waals surface area contributed by atoms with E-state index >= 15 is 0 Å². The van der Waals surface area contributed by atoms with Crippen LogP contribution in [-0.2, 0) is 0 Å². The van der Waals surface area contributed by atoms with Gasteiger partial charge in [-0.15, -0.1) is 0 Å². The van der Waals surface area contributed by atoms with E-state index in [1.807, 2.05) is 23.1 Å². The van der Waals surface area contributed by atoms with Crippen molar-refractivity contribution in [1.82, 2.24) is 14.9 Å². The number of rotatable bonds is 3. The van der Waals surface area contributed by atoms with Crippen molar-refractivity contribution >= 4 is 16.8 Å². The number of nitrogens with zero attached hydrogens (tertiary/aromatic N) is 2. The van der Waals surface area contributed by atoms with Crippen molar-refractivity contribution < 1.29 is 9.53 Å². The zero-order valence-electron chi connectivity index (χ0n) is 14.6. The van der Waals surface area contributed by atoms with Crippen molar-refractivity contribution in [2.45, 2.75) is 18.8 Å². The van der Waals surface area contributed by atoms with Crippen LogP contribution in [-0.4, -0.2) is 41.0 Å². The highest BCUT2D eigenvalue weighted by atomic mass is 16.5. The fraction of sp³-hybridized carbons (Fsp3) is 0.300. The van der Waals surface area contributed by atoms with Crippen molar-refractivity contribution in [3.05, 3.63) is 53.5 Å². The summed E-state index contributed by atoms with van der Waals surface area (Å²) in [5.41, 5.74) is 3.36. The molecule has 6 nitrogen and oxygen atoms in total. The molecule has 1 amide bonds. The number of carbonyl (C=O) groups excluding carboxylic acids is 1. The van der Waals surface area contributed by atoms with Gasteiger partial charge in [0.05, 0.1) is 12.7 Å². The van der Waals surface area contributed by atoms with E-state index in [1.54, 1.807) is 19.4 Å². The number of carbonyl (C=O) groups is 1. The summed E-state index contributed by atoms with van der Waals surface area (Å²) in [6.45, 7) is 1.42. The number of aromatic amines is 2. The molecule has 0 saturated carbocycles. The van der Waals surface area contributed by atoms with E-state index in [9.17, 15) is 4.79 Å². The van der Waals surface area contributed by atoms with E-state index in [0.717, 1.165) is 24.1 Å². The average Bonchev–Trinajstić information content (AvgIpc) is 3.34. The number of H-pyrrole nitrogens is 2. The third-order valence-corrected chi connectivity index (χ3v) is 5.19. The highest BCUT2D eigenvalue weighted by Crippen LogP contribution is 2.34. The van der Waals surface area contributed by atoms with Crippen molar-refractivity contribution in [3.63, 3.8) is 0 Å². The van der Waals surface area contributed by atoms with E-state index in [2.05, 4.69) is 22.2 Å².